The van der Waals surface area contributed by atoms with Crippen molar-refractivity contribution in [1.29, 1.82) is 0 Å². The summed E-state index contributed by atoms with van der Waals surface area (Å²) in [6.07, 6.45) is 0. The van der Waals surface area contributed by atoms with Crippen molar-refractivity contribution in [3.05, 3.63) is 0 Å². The Kier molecular flexibility index (Phi) is 1.18. The van der Waals surface area contributed by atoms with Gasteiger partial charge >= 0.3 is 8.61 Å². The predicted molar refractivity (Wildman–Crippen MR) is 34.4 cm³/mol. The number of rotatable bonds is 1. The van der Waals surface area contributed by atoms with E-state index < -0.39 is 0 Å². The average molecular weight is 132 g/mol. The van der Waals surface area contributed by atoms with Crippen molar-refractivity contribution < 1.29 is 4.57 Å². The Balaban J connectivity index is 2.57. The molecule has 1 fully saturated rings. The van der Waals surface area contributed by atoms with Gasteiger partial charge in [0.15, 0.2) is 0 Å². The highest BCUT2D eigenvalue weighted by Gasteiger charge is 2.59. The zero-order valence-electron chi connectivity index (χ0n) is 5.43. The molecule has 0 N–H and O–H groups in total. The molecule has 3 unspecified atom stereocenters. The average Bonchev–Trinajstić information content (AvgIpc) is 2.09. The lowest BCUT2D eigenvalue weighted by molar-refractivity contribution is 0.556. The summed E-state index contributed by atoms with van der Waals surface area (Å²) < 4.78 is 12.2. The topological polar surface area (TPSA) is 20.1 Å². The molecule has 1 aliphatic rings. The lowest BCUT2D eigenvalue weighted by Crippen LogP contribution is -2.00. The molecule has 0 aromatic carbocycles. The normalized spacial score (nSPS) is 42.4. The summed E-state index contributed by atoms with van der Waals surface area (Å²) in [5.74, 6) is 0. The molecule has 1 aliphatic heterocycles. The fourth-order valence-corrected chi connectivity index (χ4v) is 1.72. The third-order valence-corrected chi connectivity index (χ3v) is 3.22. The van der Waals surface area contributed by atoms with E-state index >= 15 is 0 Å². The van der Waals surface area contributed by atoms with Crippen molar-refractivity contribution in [3.8, 4) is 0 Å². The van der Waals surface area contributed by atoms with E-state index in [1.54, 1.807) is 0 Å². The molecule has 0 spiro atoms. The van der Waals surface area contributed by atoms with Crippen LogP contribution in [0.25, 0.3) is 0 Å². The molecule has 2 nitrogen and oxygen atoms in total. The van der Waals surface area contributed by atoms with Gasteiger partial charge in [0.25, 0.3) is 0 Å². The lowest BCUT2D eigenvalue weighted by Gasteiger charge is -1.87. The van der Waals surface area contributed by atoms with Gasteiger partial charge in [0, 0.05) is 0 Å². The summed E-state index contributed by atoms with van der Waals surface area (Å²) in [5.41, 5.74) is 0.209. The van der Waals surface area contributed by atoms with E-state index in [4.69, 9.17) is 0 Å². The van der Waals surface area contributed by atoms with Crippen LogP contribution in [0.1, 0.15) is 20.8 Å². The molecular weight excluding hydrogens is 121 g/mol. The van der Waals surface area contributed by atoms with E-state index in [1.165, 1.54) is 0 Å². The van der Waals surface area contributed by atoms with Crippen LogP contribution in [0, 0.1) is 0 Å². The summed E-state index contributed by atoms with van der Waals surface area (Å²) >= 11 is 0. The first kappa shape index (κ1) is 6.18. The molecule has 1 rings (SSSR count). The summed E-state index contributed by atoms with van der Waals surface area (Å²) in [6.45, 7) is 6.29. The van der Waals surface area contributed by atoms with E-state index in [0.29, 0.717) is 6.04 Å². The predicted octanol–water partition coefficient (Wildman–Crippen LogP) is 1.41. The molecule has 3 atom stereocenters. The Morgan fingerprint density at radius 2 is 2.00 bits per heavy atom. The van der Waals surface area contributed by atoms with E-state index in [2.05, 4.69) is 20.8 Å². The summed E-state index contributed by atoms with van der Waals surface area (Å²) in [4.78, 5) is 0. The van der Waals surface area contributed by atoms with Gasteiger partial charge in [-0.3, -0.25) is 0 Å². The van der Waals surface area contributed by atoms with Crippen LogP contribution in [0.4, 0.5) is 0 Å². The van der Waals surface area contributed by atoms with Gasteiger partial charge < -0.3 is 0 Å². The second-order valence-corrected chi connectivity index (χ2v) is 3.46. The molecule has 0 radical (unpaired) electrons. The second kappa shape index (κ2) is 1.52. The maximum Gasteiger partial charge on any atom is 0.421 e. The first-order valence-electron chi connectivity index (χ1n) is 2.78. The van der Waals surface area contributed by atoms with Crippen LogP contribution >= 0.6 is 8.61 Å². The Morgan fingerprint density at radius 3 is 2.00 bits per heavy atom. The highest BCUT2D eigenvalue weighted by molar-refractivity contribution is 7.21. The van der Waals surface area contributed by atoms with Gasteiger partial charge in [-0.1, -0.05) is 9.24 Å². The highest BCUT2D eigenvalue weighted by Crippen LogP contribution is 2.45. The minimum absolute atomic E-state index is 0.209. The molecule has 0 aromatic heterocycles. The standard InChI is InChI=1S/C5H10NOP/c1-4-5(2,3)6(4)8-7/h4H,1-3H3/p+1. The molecule has 1 heterocycles. The number of hydrogen-bond acceptors (Lipinski definition) is 1. The van der Waals surface area contributed by atoms with Crippen LogP contribution < -0.4 is 0 Å². The molecule has 0 amide bonds. The van der Waals surface area contributed by atoms with Crippen molar-refractivity contribution in [2.24, 2.45) is 0 Å². The Labute approximate surface area is 51.1 Å². The van der Waals surface area contributed by atoms with Crippen molar-refractivity contribution in [3.63, 3.8) is 0 Å². The van der Waals surface area contributed by atoms with Gasteiger partial charge in [-0.2, -0.15) is 0 Å². The Morgan fingerprint density at radius 1 is 1.62 bits per heavy atom. The largest absolute Gasteiger partial charge is 0.421 e. The first-order valence-corrected chi connectivity index (χ1v) is 3.63. The molecule has 1 saturated heterocycles. The van der Waals surface area contributed by atoms with Crippen LogP contribution in [-0.4, -0.2) is 16.3 Å². The molecule has 0 aromatic rings. The minimum Gasteiger partial charge on any atom is -0.0867 e. The molecule has 0 saturated carbocycles. The van der Waals surface area contributed by atoms with Gasteiger partial charge in [-0.25, -0.2) is 0 Å². The second-order valence-electron chi connectivity index (χ2n) is 2.79. The van der Waals surface area contributed by atoms with E-state index in [-0.39, 0.29) is 14.1 Å². The molecule has 0 aliphatic carbocycles. The van der Waals surface area contributed by atoms with Crippen molar-refractivity contribution in [2.75, 3.05) is 0 Å². The fourth-order valence-electron chi connectivity index (χ4n) is 0.881. The summed E-state index contributed by atoms with van der Waals surface area (Å²) in [5, 5.41) is 0. The van der Waals surface area contributed by atoms with Gasteiger partial charge in [0.1, 0.15) is 0 Å². The monoisotopic (exact) mass is 132 g/mol. The van der Waals surface area contributed by atoms with Crippen molar-refractivity contribution in [2.45, 2.75) is 32.4 Å². The smallest absolute Gasteiger partial charge is 0.0867 e. The maximum absolute atomic E-state index is 10.3. The molecule has 8 heavy (non-hydrogen) atoms. The van der Waals surface area contributed by atoms with Crippen molar-refractivity contribution in [1.82, 2.24) is 4.67 Å². The van der Waals surface area contributed by atoms with Crippen LogP contribution in [0.2, 0.25) is 0 Å². The first-order chi connectivity index (χ1) is 3.60. The Bertz CT molecular complexity index is 124. The number of nitrogens with zero attached hydrogens (tertiary/aromatic N) is 1. The molecular formula is C5H11NOP+. The SMILES string of the molecule is CC1N([PH+]=O)C1(C)C. The van der Waals surface area contributed by atoms with Crippen LogP contribution in [0.15, 0.2) is 0 Å². The quantitative estimate of drug-likeness (QED) is 0.397. The van der Waals surface area contributed by atoms with E-state index in [0.717, 1.165) is 0 Å². The van der Waals surface area contributed by atoms with Crippen LogP contribution in [-0.2, 0) is 4.57 Å². The number of hydrogen-bond donors (Lipinski definition) is 0. The van der Waals surface area contributed by atoms with Crippen LogP contribution in [0.3, 0.4) is 0 Å². The molecule has 3 heteroatoms. The van der Waals surface area contributed by atoms with E-state index in [1.807, 2.05) is 4.67 Å². The third-order valence-electron chi connectivity index (χ3n) is 2.06. The zero-order valence-corrected chi connectivity index (χ0v) is 6.43. The lowest BCUT2D eigenvalue weighted by atomic mass is 10.2. The van der Waals surface area contributed by atoms with Gasteiger partial charge in [-0.05, 0) is 20.8 Å². The summed E-state index contributed by atoms with van der Waals surface area (Å²) in [6, 6.07) is 0.512. The zero-order chi connectivity index (χ0) is 6.36. The maximum atomic E-state index is 10.3. The van der Waals surface area contributed by atoms with Gasteiger partial charge in [-0.15, -0.1) is 0 Å². The van der Waals surface area contributed by atoms with Gasteiger partial charge in [0.05, 0.1) is 11.6 Å². The fraction of sp³-hybridized carbons (Fsp3) is 1.00. The summed E-state index contributed by atoms with van der Waals surface area (Å²) in [7, 11) is -0.260. The van der Waals surface area contributed by atoms with Gasteiger partial charge in [0.2, 0.25) is 0 Å². The molecule has 0 bridgehead atoms. The van der Waals surface area contributed by atoms with Crippen LogP contribution in [0.5, 0.6) is 0 Å². The third kappa shape index (κ3) is 0.602. The highest BCUT2D eigenvalue weighted by atomic mass is 31.1. The Hall–Kier alpha value is 0.0600. The van der Waals surface area contributed by atoms with Crippen molar-refractivity contribution >= 4 is 8.61 Å². The molecule has 46 valence electrons. The van der Waals surface area contributed by atoms with E-state index in [9.17, 15) is 4.57 Å². The minimum atomic E-state index is -0.260.